The molecule has 4 N–H and O–H groups in total. The maximum Gasteiger partial charge on any atom is 0.289 e. The average Bonchev–Trinajstić information content (AvgIpc) is 3.65. The van der Waals surface area contributed by atoms with E-state index in [0.717, 1.165) is 64.2 Å². The second-order valence-corrected chi connectivity index (χ2v) is 15.6. The van der Waals surface area contributed by atoms with Crippen molar-refractivity contribution in [2.75, 3.05) is 6.54 Å². The number of nitrogens with zero attached hydrogens (tertiary/aromatic N) is 3. The fraction of sp³-hybridized carbons (Fsp3) is 0.730. The van der Waals surface area contributed by atoms with Crippen molar-refractivity contribution in [2.24, 2.45) is 33.2 Å². The molecule has 13 nitrogen and oxygen atoms in total. The summed E-state index contributed by atoms with van der Waals surface area (Å²) in [6.45, 7) is 12.7. The lowest BCUT2D eigenvalue weighted by Crippen LogP contribution is -2.62. The number of aliphatic imine (C=N–C) groups is 2. The van der Waals surface area contributed by atoms with Gasteiger partial charge in [-0.05, 0) is 81.8 Å². The Bertz CT molecular complexity index is 1360. The van der Waals surface area contributed by atoms with E-state index in [1.165, 1.54) is 12.4 Å². The predicted molar refractivity (Wildman–Crippen MR) is 191 cm³/mol. The van der Waals surface area contributed by atoms with E-state index >= 15 is 0 Å². The van der Waals surface area contributed by atoms with Crippen molar-refractivity contribution in [3.63, 3.8) is 0 Å². The Balaban J connectivity index is 1.56. The van der Waals surface area contributed by atoms with Crippen LogP contribution in [0.15, 0.2) is 22.4 Å². The van der Waals surface area contributed by atoms with Gasteiger partial charge in [-0.2, -0.15) is 0 Å². The minimum absolute atomic E-state index is 0.0105. The van der Waals surface area contributed by atoms with E-state index in [2.05, 4.69) is 38.0 Å². The minimum atomic E-state index is -0.999. The number of carbonyl (C=O) groups excluding carboxylic acids is 6. The van der Waals surface area contributed by atoms with Gasteiger partial charge >= 0.3 is 0 Å². The fourth-order valence-electron chi connectivity index (χ4n) is 7.73. The molecule has 4 rings (SSSR count). The average molecular weight is 696 g/mol. The number of carbonyl (C=O) groups is 6. The highest BCUT2D eigenvalue weighted by atomic mass is 16.2. The zero-order valence-electron chi connectivity index (χ0n) is 30.5. The Morgan fingerprint density at radius 3 is 2.20 bits per heavy atom. The van der Waals surface area contributed by atoms with Gasteiger partial charge in [0.1, 0.15) is 23.8 Å². The van der Waals surface area contributed by atoms with Gasteiger partial charge < -0.3 is 26.2 Å². The van der Waals surface area contributed by atoms with E-state index in [9.17, 15) is 28.8 Å². The van der Waals surface area contributed by atoms with Crippen molar-refractivity contribution < 1.29 is 28.8 Å². The number of hydrogen-bond acceptors (Lipinski definition) is 8. The Labute approximate surface area is 296 Å². The molecule has 0 aromatic rings. The maximum absolute atomic E-state index is 14.6. The normalized spacial score (nSPS) is 24.5. The number of Topliss-reactive ketones (excluding diaryl/α,β-unsaturated/α-hetero) is 1. The molecule has 4 fully saturated rings. The standard InChI is InChI=1S/C37H57N7O6/c1-7-12-27(30(45)35(49)40-25-17-18-25)41-34(48)29-26-16-11-15-24(26)21-44(29)36(50)31(37(3,4)5)43-33(47)28(23-13-9-8-10-14-23)42-32(46)22(2)39-20-19-38-6/h19-20,23-29,31H,6-18,21H2,1-5H3,(H,40,49)(H,41,48)(H,42,46)(H,43,47)/b20-19-,39-22?/t24-,26-,27-,28-,29-,31+/m0/s1. The van der Waals surface area contributed by atoms with Gasteiger partial charge in [-0.15, -0.1) is 0 Å². The molecule has 0 spiro atoms. The van der Waals surface area contributed by atoms with E-state index in [0.29, 0.717) is 19.4 Å². The van der Waals surface area contributed by atoms with Crippen LogP contribution in [0, 0.1) is 23.2 Å². The molecule has 0 aromatic heterocycles. The molecule has 1 saturated heterocycles. The fourth-order valence-corrected chi connectivity index (χ4v) is 7.73. The van der Waals surface area contributed by atoms with Gasteiger partial charge in [0, 0.05) is 25.0 Å². The van der Waals surface area contributed by atoms with Crippen LogP contribution in [0.3, 0.4) is 0 Å². The summed E-state index contributed by atoms with van der Waals surface area (Å²) in [5.74, 6) is -3.21. The summed E-state index contributed by atoms with van der Waals surface area (Å²) >= 11 is 0. The lowest BCUT2D eigenvalue weighted by molar-refractivity contribution is -0.146. The first-order valence-corrected chi connectivity index (χ1v) is 18.5. The van der Waals surface area contributed by atoms with Crippen LogP contribution >= 0.6 is 0 Å². The number of likely N-dealkylation sites (tertiary alicyclic amines) is 1. The predicted octanol–water partition coefficient (Wildman–Crippen LogP) is 2.97. The number of rotatable bonds is 15. The Morgan fingerprint density at radius 2 is 1.58 bits per heavy atom. The number of nitrogens with one attached hydrogen (secondary N) is 4. The van der Waals surface area contributed by atoms with Gasteiger partial charge in [0.25, 0.3) is 11.8 Å². The van der Waals surface area contributed by atoms with E-state index < -0.39 is 59.0 Å². The first kappa shape index (κ1) is 38.9. The van der Waals surface area contributed by atoms with Gasteiger partial charge in [-0.25, -0.2) is 0 Å². The Morgan fingerprint density at radius 1 is 0.880 bits per heavy atom. The first-order valence-electron chi connectivity index (χ1n) is 18.5. The molecular formula is C37H57N7O6. The topological polar surface area (TPSA) is 178 Å². The SMILES string of the molecule is C=N/C=C\N=C(C)C(=O)N[C@H](C(=O)N[C@H](C(=O)N1C[C@@H]2CCC[C@@H]2[C@H]1C(=O)N[C@@H](CCC)C(=O)C(=O)NC1CC1)C(C)(C)C)C1CCCCC1. The third-order valence-electron chi connectivity index (χ3n) is 10.6. The largest absolute Gasteiger partial charge is 0.347 e. The highest BCUT2D eigenvalue weighted by Crippen LogP contribution is 2.43. The summed E-state index contributed by atoms with van der Waals surface area (Å²) < 4.78 is 0. The number of ketones is 1. The molecule has 13 heteroatoms. The van der Waals surface area contributed by atoms with Gasteiger partial charge in [-0.1, -0.05) is 59.8 Å². The number of fused-ring (bicyclic) bond motifs is 1. The summed E-state index contributed by atoms with van der Waals surface area (Å²) in [6.07, 6.45) is 12.3. The maximum atomic E-state index is 14.6. The molecule has 0 radical (unpaired) electrons. The highest BCUT2D eigenvalue weighted by Gasteiger charge is 2.52. The van der Waals surface area contributed by atoms with Crippen LogP contribution in [0.2, 0.25) is 0 Å². The summed E-state index contributed by atoms with van der Waals surface area (Å²) in [5, 5.41) is 11.5. The molecule has 3 aliphatic carbocycles. The van der Waals surface area contributed by atoms with Gasteiger partial charge in [-0.3, -0.25) is 38.8 Å². The van der Waals surface area contributed by atoms with E-state index in [-0.39, 0.29) is 35.4 Å². The summed E-state index contributed by atoms with van der Waals surface area (Å²) in [6, 6.07) is -3.69. The van der Waals surface area contributed by atoms with Crippen molar-refractivity contribution in [1.82, 2.24) is 26.2 Å². The Kier molecular flexibility index (Phi) is 13.5. The second-order valence-electron chi connectivity index (χ2n) is 15.6. The second kappa shape index (κ2) is 17.4. The third-order valence-corrected chi connectivity index (χ3v) is 10.6. The number of amides is 5. The van der Waals surface area contributed by atoms with Crippen molar-refractivity contribution in [1.29, 1.82) is 0 Å². The first-order chi connectivity index (χ1) is 23.8. The minimum Gasteiger partial charge on any atom is -0.347 e. The van der Waals surface area contributed by atoms with Crippen molar-refractivity contribution >= 4 is 47.7 Å². The Hall–Kier alpha value is -3.90. The lowest BCUT2D eigenvalue weighted by atomic mass is 9.82. The van der Waals surface area contributed by atoms with Gasteiger partial charge in [0.05, 0.1) is 6.04 Å². The van der Waals surface area contributed by atoms with E-state index in [4.69, 9.17) is 0 Å². The molecule has 276 valence electrons. The van der Waals surface area contributed by atoms with Crippen LogP contribution in [0.4, 0.5) is 0 Å². The molecule has 5 amide bonds. The highest BCUT2D eigenvalue weighted by molar-refractivity contribution is 6.39. The molecule has 0 unspecified atom stereocenters. The summed E-state index contributed by atoms with van der Waals surface area (Å²) in [7, 11) is 0. The van der Waals surface area contributed by atoms with Crippen LogP contribution in [0.25, 0.3) is 0 Å². The van der Waals surface area contributed by atoms with Crippen LogP contribution in [-0.4, -0.2) is 89.4 Å². The van der Waals surface area contributed by atoms with Gasteiger partial charge in [0.2, 0.25) is 23.5 Å². The smallest absolute Gasteiger partial charge is 0.289 e. The summed E-state index contributed by atoms with van der Waals surface area (Å²) in [5.41, 5.74) is -0.585. The van der Waals surface area contributed by atoms with Crippen LogP contribution in [-0.2, 0) is 28.8 Å². The quantitative estimate of drug-likeness (QED) is 0.151. The van der Waals surface area contributed by atoms with E-state index in [1.807, 2.05) is 27.7 Å². The monoisotopic (exact) mass is 695 g/mol. The van der Waals surface area contributed by atoms with Gasteiger partial charge in [0.15, 0.2) is 0 Å². The lowest BCUT2D eigenvalue weighted by Gasteiger charge is -2.38. The van der Waals surface area contributed by atoms with Crippen LogP contribution < -0.4 is 21.3 Å². The van der Waals surface area contributed by atoms with Crippen LogP contribution in [0.5, 0.6) is 0 Å². The molecule has 0 aromatic carbocycles. The van der Waals surface area contributed by atoms with Crippen molar-refractivity contribution in [3.05, 3.63) is 12.4 Å². The van der Waals surface area contributed by atoms with Crippen molar-refractivity contribution in [3.8, 4) is 0 Å². The third kappa shape index (κ3) is 9.87. The van der Waals surface area contributed by atoms with Crippen molar-refractivity contribution in [2.45, 2.75) is 142 Å². The number of hydrogen-bond donors (Lipinski definition) is 4. The molecule has 0 bridgehead atoms. The molecule has 3 saturated carbocycles. The molecule has 50 heavy (non-hydrogen) atoms. The molecule has 1 aliphatic heterocycles. The molecule has 1 heterocycles. The molecule has 6 atom stereocenters. The summed E-state index contributed by atoms with van der Waals surface area (Å²) in [4.78, 5) is 91.0. The van der Waals surface area contributed by atoms with E-state index in [1.54, 1.807) is 11.8 Å². The zero-order valence-corrected chi connectivity index (χ0v) is 30.5. The van der Waals surface area contributed by atoms with Crippen LogP contribution in [0.1, 0.15) is 112 Å². The molecule has 4 aliphatic rings. The molecular weight excluding hydrogens is 638 g/mol. The zero-order chi connectivity index (χ0) is 36.6.